The predicted octanol–water partition coefficient (Wildman–Crippen LogP) is 4.67. The molecule has 0 saturated carbocycles. The van der Waals surface area contributed by atoms with Gasteiger partial charge in [0.15, 0.2) is 0 Å². The summed E-state index contributed by atoms with van der Waals surface area (Å²) in [6.07, 6.45) is 1.93. The van der Waals surface area contributed by atoms with E-state index in [1.54, 1.807) is 6.92 Å². The van der Waals surface area contributed by atoms with Gasteiger partial charge in [-0.3, -0.25) is 9.59 Å². The third kappa shape index (κ3) is 4.87. The molecule has 5 nitrogen and oxygen atoms in total. The zero-order valence-corrected chi connectivity index (χ0v) is 17.9. The molecule has 0 aliphatic rings. The molecule has 0 radical (unpaired) electrons. The number of nitrogens with one attached hydrogen (secondary N) is 1. The number of amides is 1. The normalized spacial score (nSPS) is 10.9. The zero-order chi connectivity index (χ0) is 20.0. The molecule has 0 spiro atoms. The number of rotatable bonds is 8. The molecule has 6 heteroatoms. The molecule has 0 saturated heterocycles. The lowest BCUT2D eigenvalue weighted by Crippen LogP contribution is -2.26. The van der Waals surface area contributed by atoms with Crippen molar-refractivity contribution in [2.45, 2.75) is 47.0 Å². The predicted molar refractivity (Wildman–Crippen MR) is 111 cm³/mol. The molecule has 1 amide bonds. The molecule has 1 aromatic carbocycles. The maximum atomic E-state index is 13.1. The molecule has 2 aromatic rings. The first-order valence-electron chi connectivity index (χ1n) is 9.26. The Morgan fingerprint density at radius 1 is 1.19 bits per heavy atom. The first-order valence-corrected chi connectivity index (χ1v) is 10.1. The third-order valence-electron chi connectivity index (χ3n) is 4.43. The maximum Gasteiger partial charge on any atom is 0.263 e. The summed E-state index contributed by atoms with van der Waals surface area (Å²) in [5, 5.41) is 2.96. The van der Waals surface area contributed by atoms with E-state index < -0.39 is 5.91 Å². The molecule has 2 rings (SSSR count). The molecule has 1 aromatic heterocycles. The molecule has 0 fully saturated rings. The number of hydrogen-bond donors (Lipinski definition) is 1. The SMILES string of the molecule is CCOCCc1oc(C)c(Br)c(=O)c1C(=O)Nc1c(CC)cccc1CC. The summed E-state index contributed by atoms with van der Waals surface area (Å²) in [4.78, 5) is 25.8. The minimum atomic E-state index is -0.452. The summed E-state index contributed by atoms with van der Waals surface area (Å²) in [6, 6.07) is 5.95. The van der Waals surface area contributed by atoms with E-state index in [0.717, 1.165) is 29.7 Å². The summed E-state index contributed by atoms with van der Waals surface area (Å²) >= 11 is 3.24. The Morgan fingerprint density at radius 2 is 1.81 bits per heavy atom. The number of hydrogen-bond acceptors (Lipinski definition) is 4. The van der Waals surface area contributed by atoms with E-state index in [1.807, 2.05) is 39.0 Å². The van der Waals surface area contributed by atoms with Crippen LogP contribution >= 0.6 is 15.9 Å². The average Bonchev–Trinajstić information content (AvgIpc) is 2.66. The van der Waals surface area contributed by atoms with Crippen molar-refractivity contribution in [3.8, 4) is 0 Å². The Labute approximate surface area is 168 Å². The number of halogens is 1. The highest BCUT2D eigenvalue weighted by molar-refractivity contribution is 9.10. The van der Waals surface area contributed by atoms with E-state index in [9.17, 15) is 9.59 Å². The van der Waals surface area contributed by atoms with Crippen molar-refractivity contribution in [3.63, 3.8) is 0 Å². The molecule has 1 N–H and O–H groups in total. The van der Waals surface area contributed by atoms with Crippen LogP contribution in [0.3, 0.4) is 0 Å². The minimum absolute atomic E-state index is 0.0279. The van der Waals surface area contributed by atoms with Crippen LogP contribution in [0.2, 0.25) is 0 Å². The standard InChI is InChI=1S/C21H26BrNO4/c1-5-14-9-8-10-15(6-2)19(14)23-21(25)17-16(11-12-26-7-3)27-13(4)18(22)20(17)24/h8-10H,5-7,11-12H2,1-4H3,(H,23,25). The highest BCUT2D eigenvalue weighted by Gasteiger charge is 2.23. The van der Waals surface area contributed by atoms with Crippen LogP contribution in [0, 0.1) is 6.92 Å². The van der Waals surface area contributed by atoms with Gasteiger partial charge >= 0.3 is 0 Å². The van der Waals surface area contributed by atoms with Crippen LogP contribution in [0.1, 0.15) is 53.8 Å². The molecule has 0 unspecified atom stereocenters. The van der Waals surface area contributed by atoms with E-state index >= 15 is 0 Å². The summed E-state index contributed by atoms with van der Waals surface area (Å²) in [5.74, 6) is 0.344. The molecule has 1 heterocycles. The molecular weight excluding hydrogens is 410 g/mol. The summed E-state index contributed by atoms with van der Waals surface area (Å²) < 4.78 is 11.4. The quantitative estimate of drug-likeness (QED) is 0.611. The Bertz CT molecular complexity index is 851. The molecule has 0 atom stereocenters. The lowest BCUT2D eigenvalue weighted by molar-refractivity contribution is 0.101. The van der Waals surface area contributed by atoms with E-state index in [2.05, 4.69) is 21.2 Å². The number of benzene rings is 1. The highest BCUT2D eigenvalue weighted by atomic mass is 79.9. The summed E-state index contributed by atoms with van der Waals surface area (Å²) in [5.41, 5.74) is 2.51. The van der Waals surface area contributed by atoms with Crippen LogP contribution in [0.25, 0.3) is 0 Å². The van der Waals surface area contributed by atoms with Crippen LogP contribution in [-0.2, 0) is 24.0 Å². The number of anilines is 1. The van der Waals surface area contributed by atoms with Crippen molar-refractivity contribution < 1.29 is 13.9 Å². The topological polar surface area (TPSA) is 68.5 Å². The van der Waals surface area contributed by atoms with Gasteiger partial charge in [-0.15, -0.1) is 0 Å². The first kappa shape index (κ1) is 21.4. The molecule has 146 valence electrons. The van der Waals surface area contributed by atoms with Crippen molar-refractivity contribution >= 4 is 27.5 Å². The summed E-state index contributed by atoms with van der Waals surface area (Å²) in [6.45, 7) is 8.60. The van der Waals surface area contributed by atoms with Gasteiger partial charge in [0.1, 0.15) is 21.6 Å². The monoisotopic (exact) mass is 435 g/mol. The van der Waals surface area contributed by atoms with Gasteiger partial charge in [0, 0.05) is 18.7 Å². The number of ether oxygens (including phenoxy) is 1. The maximum absolute atomic E-state index is 13.1. The van der Waals surface area contributed by atoms with Gasteiger partial charge in [0.2, 0.25) is 5.43 Å². The Balaban J connectivity index is 2.47. The molecule has 0 aliphatic heterocycles. The van der Waals surface area contributed by atoms with Crippen molar-refractivity contribution in [2.75, 3.05) is 18.5 Å². The fourth-order valence-electron chi connectivity index (χ4n) is 2.97. The van der Waals surface area contributed by atoms with Gasteiger partial charge in [0.25, 0.3) is 5.91 Å². The van der Waals surface area contributed by atoms with Gasteiger partial charge in [0.05, 0.1) is 6.61 Å². The van der Waals surface area contributed by atoms with Crippen molar-refractivity contribution in [1.29, 1.82) is 0 Å². The second-order valence-electron chi connectivity index (χ2n) is 6.16. The van der Waals surface area contributed by atoms with Gasteiger partial charge in [-0.1, -0.05) is 32.0 Å². The first-order chi connectivity index (χ1) is 12.9. The third-order valence-corrected chi connectivity index (χ3v) is 5.35. The second-order valence-corrected chi connectivity index (χ2v) is 6.95. The van der Waals surface area contributed by atoms with Crippen LogP contribution in [0.15, 0.2) is 31.9 Å². The fourth-order valence-corrected chi connectivity index (χ4v) is 3.25. The van der Waals surface area contributed by atoms with Crippen LogP contribution in [-0.4, -0.2) is 19.1 Å². The second kappa shape index (κ2) is 9.85. The van der Waals surface area contributed by atoms with Crippen LogP contribution < -0.4 is 10.7 Å². The Morgan fingerprint density at radius 3 is 2.37 bits per heavy atom. The average molecular weight is 436 g/mol. The number of aryl methyl sites for hydroxylation is 3. The largest absolute Gasteiger partial charge is 0.464 e. The van der Waals surface area contributed by atoms with Gasteiger partial charge < -0.3 is 14.5 Å². The van der Waals surface area contributed by atoms with Crippen molar-refractivity contribution in [1.82, 2.24) is 0 Å². The fraction of sp³-hybridized carbons (Fsp3) is 0.429. The van der Waals surface area contributed by atoms with Crippen LogP contribution in [0.4, 0.5) is 5.69 Å². The lowest BCUT2D eigenvalue weighted by atomic mass is 10.0. The lowest BCUT2D eigenvalue weighted by Gasteiger charge is -2.16. The Hall–Kier alpha value is -1.92. The Kier molecular flexibility index (Phi) is 7.80. The number of para-hydroxylation sites is 1. The minimum Gasteiger partial charge on any atom is -0.464 e. The van der Waals surface area contributed by atoms with Crippen LogP contribution in [0.5, 0.6) is 0 Å². The zero-order valence-electron chi connectivity index (χ0n) is 16.3. The van der Waals surface area contributed by atoms with Crippen molar-refractivity contribution in [2.24, 2.45) is 0 Å². The summed E-state index contributed by atoms with van der Waals surface area (Å²) in [7, 11) is 0. The van der Waals surface area contributed by atoms with E-state index in [-0.39, 0.29) is 15.5 Å². The van der Waals surface area contributed by atoms with Gasteiger partial charge in [-0.2, -0.15) is 0 Å². The number of carbonyl (C=O) groups is 1. The van der Waals surface area contributed by atoms with E-state index in [0.29, 0.717) is 31.2 Å². The molecular formula is C21H26BrNO4. The molecule has 0 aliphatic carbocycles. The molecule has 27 heavy (non-hydrogen) atoms. The van der Waals surface area contributed by atoms with E-state index in [1.165, 1.54) is 0 Å². The molecule has 0 bridgehead atoms. The smallest absolute Gasteiger partial charge is 0.263 e. The van der Waals surface area contributed by atoms with E-state index in [4.69, 9.17) is 9.15 Å². The van der Waals surface area contributed by atoms with Gasteiger partial charge in [-0.05, 0) is 53.7 Å². The van der Waals surface area contributed by atoms with Crippen molar-refractivity contribution in [3.05, 3.63) is 61.1 Å². The highest BCUT2D eigenvalue weighted by Crippen LogP contribution is 2.24. The number of carbonyl (C=O) groups excluding carboxylic acids is 1. The van der Waals surface area contributed by atoms with Gasteiger partial charge in [-0.25, -0.2) is 0 Å².